The van der Waals surface area contributed by atoms with E-state index in [4.69, 9.17) is 5.11 Å². The number of amides is 1. The summed E-state index contributed by atoms with van der Waals surface area (Å²) in [7, 11) is 0. The molecule has 0 spiro atoms. The van der Waals surface area contributed by atoms with Crippen molar-refractivity contribution < 1.29 is 14.7 Å². The first-order valence-electron chi connectivity index (χ1n) is 7.24. The summed E-state index contributed by atoms with van der Waals surface area (Å²) >= 11 is 4.94. The molecule has 0 bridgehead atoms. The standard InChI is InChI=1S/C16H15BrN2O3S/c17-12-3-1-2-10(6-12)15-18-13(9-23-15)7-14(20)19-5-4-11(8-19)16(21)22/h1-3,6,9,11H,4-5,7-8H2,(H,21,22). The number of hydrogen-bond donors (Lipinski definition) is 1. The Labute approximate surface area is 146 Å². The minimum Gasteiger partial charge on any atom is -0.481 e. The molecule has 5 nitrogen and oxygen atoms in total. The molecule has 2 heterocycles. The largest absolute Gasteiger partial charge is 0.481 e. The second-order valence-corrected chi connectivity index (χ2v) is 7.27. The second kappa shape index (κ2) is 6.80. The molecule has 1 unspecified atom stereocenters. The van der Waals surface area contributed by atoms with Crippen molar-refractivity contribution in [1.82, 2.24) is 9.88 Å². The van der Waals surface area contributed by atoms with E-state index in [1.54, 1.807) is 4.90 Å². The van der Waals surface area contributed by atoms with E-state index in [1.807, 2.05) is 29.6 Å². The summed E-state index contributed by atoms with van der Waals surface area (Å²) in [5, 5.41) is 11.8. The highest BCUT2D eigenvalue weighted by atomic mass is 79.9. The molecule has 23 heavy (non-hydrogen) atoms. The van der Waals surface area contributed by atoms with Gasteiger partial charge in [0.15, 0.2) is 0 Å². The Morgan fingerprint density at radius 3 is 2.96 bits per heavy atom. The van der Waals surface area contributed by atoms with Crippen molar-refractivity contribution in [2.75, 3.05) is 13.1 Å². The number of hydrogen-bond acceptors (Lipinski definition) is 4. The van der Waals surface area contributed by atoms with Gasteiger partial charge in [0, 0.05) is 28.5 Å². The zero-order valence-electron chi connectivity index (χ0n) is 12.2. The maximum absolute atomic E-state index is 12.3. The first kappa shape index (κ1) is 16.1. The SMILES string of the molecule is O=C(O)C1CCN(C(=O)Cc2csc(-c3cccc(Br)c3)n2)C1. The number of benzene rings is 1. The van der Waals surface area contributed by atoms with E-state index in [9.17, 15) is 9.59 Å². The average Bonchev–Trinajstić information content (AvgIpc) is 3.16. The molecule has 1 aliphatic heterocycles. The van der Waals surface area contributed by atoms with Crippen LogP contribution >= 0.6 is 27.3 Å². The van der Waals surface area contributed by atoms with Gasteiger partial charge in [-0.05, 0) is 18.6 Å². The third-order valence-electron chi connectivity index (χ3n) is 3.85. The number of rotatable bonds is 4. The van der Waals surface area contributed by atoms with Crippen molar-refractivity contribution in [3.63, 3.8) is 0 Å². The minimum atomic E-state index is -0.828. The fourth-order valence-electron chi connectivity index (χ4n) is 2.60. The normalized spacial score (nSPS) is 17.4. The highest BCUT2D eigenvalue weighted by Crippen LogP contribution is 2.26. The maximum atomic E-state index is 12.3. The van der Waals surface area contributed by atoms with Gasteiger partial charge in [-0.15, -0.1) is 11.3 Å². The van der Waals surface area contributed by atoms with Gasteiger partial charge < -0.3 is 10.0 Å². The van der Waals surface area contributed by atoms with Crippen molar-refractivity contribution in [1.29, 1.82) is 0 Å². The van der Waals surface area contributed by atoms with Crippen LogP contribution in [0.25, 0.3) is 10.6 Å². The van der Waals surface area contributed by atoms with Crippen molar-refractivity contribution >= 4 is 39.1 Å². The number of carboxylic acids is 1. The van der Waals surface area contributed by atoms with E-state index in [0.29, 0.717) is 19.5 Å². The second-order valence-electron chi connectivity index (χ2n) is 5.49. The number of aliphatic carboxylic acids is 1. The summed E-state index contributed by atoms with van der Waals surface area (Å²) in [6.07, 6.45) is 0.748. The molecular weight excluding hydrogens is 380 g/mol. The summed E-state index contributed by atoms with van der Waals surface area (Å²) in [6, 6.07) is 7.87. The summed E-state index contributed by atoms with van der Waals surface area (Å²) < 4.78 is 0.986. The van der Waals surface area contributed by atoms with Gasteiger partial charge in [0.25, 0.3) is 0 Å². The molecular formula is C16H15BrN2O3S. The monoisotopic (exact) mass is 394 g/mol. The first-order chi connectivity index (χ1) is 11.0. The molecule has 3 rings (SSSR count). The van der Waals surface area contributed by atoms with Gasteiger partial charge in [-0.1, -0.05) is 28.1 Å². The summed E-state index contributed by atoms with van der Waals surface area (Å²) in [5.74, 6) is -1.32. The smallest absolute Gasteiger partial charge is 0.308 e. The molecule has 1 amide bonds. The van der Waals surface area contributed by atoms with Gasteiger partial charge in [0.05, 0.1) is 18.0 Å². The van der Waals surface area contributed by atoms with Crippen LogP contribution in [0.15, 0.2) is 34.1 Å². The van der Waals surface area contributed by atoms with Crippen LogP contribution in [0.2, 0.25) is 0 Å². The Bertz CT molecular complexity index is 746. The fraction of sp³-hybridized carbons (Fsp3) is 0.312. The molecule has 120 valence electrons. The Morgan fingerprint density at radius 2 is 2.26 bits per heavy atom. The summed E-state index contributed by atoms with van der Waals surface area (Å²) in [4.78, 5) is 29.4. The fourth-order valence-corrected chi connectivity index (χ4v) is 3.81. The minimum absolute atomic E-state index is 0.0557. The van der Waals surface area contributed by atoms with E-state index in [-0.39, 0.29) is 12.3 Å². The van der Waals surface area contributed by atoms with Gasteiger partial charge in [0.1, 0.15) is 5.01 Å². The Morgan fingerprint density at radius 1 is 1.43 bits per heavy atom. The molecule has 0 aliphatic carbocycles. The van der Waals surface area contributed by atoms with Crippen LogP contribution in [0.4, 0.5) is 0 Å². The molecule has 0 saturated carbocycles. The first-order valence-corrected chi connectivity index (χ1v) is 8.91. The number of likely N-dealkylation sites (tertiary alicyclic amines) is 1. The van der Waals surface area contributed by atoms with Crippen LogP contribution in [0, 0.1) is 5.92 Å². The van der Waals surface area contributed by atoms with E-state index < -0.39 is 11.9 Å². The van der Waals surface area contributed by atoms with Crippen LogP contribution < -0.4 is 0 Å². The van der Waals surface area contributed by atoms with Crippen LogP contribution in [-0.4, -0.2) is 40.0 Å². The molecule has 1 atom stereocenters. The van der Waals surface area contributed by atoms with Gasteiger partial charge in [-0.25, -0.2) is 4.98 Å². The van der Waals surface area contributed by atoms with Crippen LogP contribution in [0.5, 0.6) is 0 Å². The molecule has 1 aliphatic rings. The molecule has 7 heteroatoms. The molecule has 1 saturated heterocycles. The molecule has 1 aromatic heterocycles. The third-order valence-corrected chi connectivity index (χ3v) is 5.28. The number of carbonyl (C=O) groups excluding carboxylic acids is 1. The number of nitrogens with zero attached hydrogens (tertiary/aromatic N) is 2. The van der Waals surface area contributed by atoms with E-state index in [1.165, 1.54) is 11.3 Å². The molecule has 1 aromatic carbocycles. The van der Waals surface area contributed by atoms with Crippen LogP contribution in [0.1, 0.15) is 12.1 Å². The Hall–Kier alpha value is -1.73. The number of carboxylic acid groups (broad SMARTS) is 1. The summed E-state index contributed by atoms with van der Waals surface area (Å²) in [5.41, 5.74) is 1.74. The number of carbonyl (C=O) groups is 2. The predicted molar refractivity (Wildman–Crippen MR) is 91.3 cm³/mol. The number of thiazole rings is 1. The zero-order valence-corrected chi connectivity index (χ0v) is 14.6. The Kier molecular flexibility index (Phi) is 4.77. The van der Waals surface area contributed by atoms with Gasteiger partial charge in [0.2, 0.25) is 5.91 Å². The lowest BCUT2D eigenvalue weighted by atomic mass is 10.1. The van der Waals surface area contributed by atoms with Gasteiger partial charge in [-0.3, -0.25) is 9.59 Å². The van der Waals surface area contributed by atoms with Crippen molar-refractivity contribution in [3.05, 3.63) is 39.8 Å². The van der Waals surface area contributed by atoms with Gasteiger partial charge in [-0.2, -0.15) is 0 Å². The van der Waals surface area contributed by atoms with Gasteiger partial charge >= 0.3 is 5.97 Å². The lowest BCUT2D eigenvalue weighted by Gasteiger charge is -2.14. The molecule has 2 aromatic rings. The number of halogens is 1. The highest BCUT2D eigenvalue weighted by Gasteiger charge is 2.30. The maximum Gasteiger partial charge on any atom is 0.308 e. The van der Waals surface area contributed by atoms with Crippen molar-refractivity contribution in [2.45, 2.75) is 12.8 Å². The average molecular weight is 395 g/mol. The van der Waals surface area contributed by atoms with Crippen molar-refractivity contribution in [3.8, 4) is 10.6 Å². The lowest BCUT2D eigenvalue weighted by molar-refractivity contribution is -0.141. The Balaban J connectivity index is 1.65. The third kappa shape index (κ3) is 3.79. The molecule has 1 fully saturated rings. The molecule has 1 N–H and O–H groups in total. The lowest BCUT2D eigenvalue weighted by Crippen LogP contribution is -2.31. The summed E-state index contributed by atoms with van der Waals surface area (Å²) in [6.45, 7) is 0.815. The zero-order chi connectivity index (χ0) is 16.4. The number of aromatic nitrogens is 1. The predicted octanol–water partition coefficient (Wildman–Crippen LogP) is 3.05. The highest BCUT2D eigenvalue weighted by molar-refractivity contribution is 9.10. The van der Waals surface area contributed by atoms with Crippen molar-refractivity contribution in [2.24, 2.45) is 5.92 Å². The topological polar surface area (TPSA) is 70.5 Å². The molecule has 0 radical (unpaired) electrons. The van der Waals surface area contributed by atoms with E-state index in [0.717, 1.165) is 20.7 Å². The van der Waals surface area contributed by atoms with Crippen LogP contribution in [0.3, 0.4) is 0 Å². The quantitative estimate of drug-likeness (QED) is 0.864. The van der Waals surface area contributed by atoms with E-state index >= 15 is 0 Å². The van der Waals surface area contributed by atoms with E-state index in [2.05, 4.69) is 20.9 Å². The van der Waals surface area contributed by atoms with Crippen LogP contribution in [-0.2, 0) is 16.0 Å².